The van der Waals surface area contributed by atoms with E-state index in [9.17, 15) is 9.59 Å². The second-order valence-corrected chi connectivity index (χ2v) is 6.99. The van der Waals surface area contributed by atoms with Crippen LogP contribution >= 0.6 is 0 Å². The molecule has 2 amide bonds. The van der Waals surface area contributed by atoms with E-state index in [1.54, 1.807) is 4.90 Å². The lowest BCUT2D eigenvalue weighted by molar-refractivity contribution is -0.149. The number of esters is 1. The lowest BCUT2D eigenvalue weighted by atomic mass is 9.97. The molecule has 1 saturated heterocycles. The van der Waals surface area contributed by atoms with Crippen molar-refractivity contribution in [3.8, 4) is 5.75 Å². The van der Waals surface area contributed by atoms with Gasteiger partial charge >= 0.3 is 12.0 Å². The number of amides is 2. The van der Waals surface area contributed by atoms with Crippen molar-refractivity contribution in [2.45, 2.75) is 51.6 Å². The normalized spacial score (nSPS) is 18.6. The molecule has 26 heavy (non-hydrogen) atoms. The molecule has 1 N–H and O–H groups in total. The number of hydrogen-bond acceptors (Lipinski definition) is 4. The number of benzene rings is 1. The summed E-state index contributed by atoms with van der Waals surface area (Å²) in [5.41, 5.74) is 0.751. The Morgan fingerprint density at radius 1 is 1.08 bits per heavy atom. The number of nitrogens with zero attached hydrogens (tertiary/aromatic N) is 1. The Kier molecular flexibility index (Phi) is 6.36. The molecule has 1 aromatic rings. The minimum absolute atomic E-state index is 0.0916. The van der Waals surface area contributed by atoms with E-state index in [2.05, 4.69) is 5.32 Å². The molecule has 0 radical (unpaired) electrons. The van der Waals surface area contributed by atoms with Gasteiger partial charge in [-0.2, -0.15) is 0 Å². The number of rotatable bonds is 5. The van der Waals surface area contributed by atoms with E-state index >= 15 is 0 Å². The van der Waals surface area contributed by atoms with Crippen LogP contribution in [-0.2, 0) is 9.53 Å². The maximum absolute atomic E-state index is 12.4. The Labute approximate surface area is 154 Å². The standard InChI is InChI=1S/C20H28N2O4/c1-2-25-19(23)15-11-13-22(14-12-15)20(24)21-16-7-9-18(10-8-16)26-17-5-3-4-6-17/h7-10,15,17H,2-6,11-14H2,1H3,(H,21,24). The third kappa shape index (κ3) is 4.90. The summed E-state index contributed by atoms with van der Waals surface area (Å²) in [5.74, 6) is 0.613. The largest absolute Gasteiger partial charge is 0.490 e. The van der Waals surface area contributed by atoms with Crippen LogP contribution in [0.25, 0.3) is 0 Å². The number of ether oxygens (including phenoxy) is 2. The number of urea groups is 1. The van der Waals surface area contributed by atoms with Crippen molar-refractivity contribution >= 4 is 17.7 Å². The minimum atomic E-state index is -0.148. The second kappa shape index (κ2) is 8.92. The summed E-state index contributed by atoms with van der Waals surface area (Å²) < 4.78 is 11.0. The van der Waals surface area contributed by atoms with Gasteiger partial charge in [-0.1, -0.05) is 0 Å². The molecule has 2 aliphatic rings. The highest BCUT2D eigenvalue weighted by Crippen LogP contribution is 2.25. The van der Waals surface area contributed by atoms with Crippen LogP contribution in [0.5, 0.6) is 5.75 Å². The number of carbonyl (C=O) groups excluding carboxylic acids is 2. The first-order chi connectivity index (χ1) is 12.7. The number of hydrogen-bond donors (Lipinski definition) is 1. The molecular weight excluding hydrogens is 332 g/mol. The zero-order valence-electron chi connectivity index (χ0n) is 15.4. The Bertz CT molecular complexity index is 603. The Morgan fingerprint density at radius 3 is 2.35 bits per heavy atom. The van der Waals surface area contributed by atoms with Gasteiger partial charge in [0.15, 0.2) is 0 Å². The average Bonchev–Trinajstić information content (AvgIpc) is 3.17. The molecule has 142 valence electrons. The molecule has 1 aliphatic carbocycles. The molecule has 0 atom stereocenters. The lowest BCUT2D eigenvalue weighted by Gasteiger charge is -2.30. The van der Waals surface area contributed by atoms with Crippen LogP contribution in [0.15, 0.2) is 24.3 Å². The van der Waals surface area contributed by atoms with Crippen LogP contribution < -0.4 is 10.1 Å². The van der Waals surface area contributed by atoms with E-state index < -0.39 is 0 Å². The zero-order valence-corrected chi connectivity index (χ0v) is 15.4. The predicted octanol–water partition coefficient (Wildman–Crippen LogP) is 3.82. The van der Waals surface area contributed by atoms with Crippen LogP contribution in [-0.4, -0.2) is 42.7 Å². The van der Waals surface area contributed by atoms with Gasteiger partial charge in [-0.25, -0.2) is 4.79 Å². The third-order valence-electron chi connectivity index (χ3n) is 5.11. The van der Waals surface area contributed by atoms with Crippen molar-refractivity contribution in [2.24, 2.45) is 5.92 Å². The van der Waals surface area contributed by atoms with Gasteiger partial charge in [0, 0.05) is 18.8 Å². The first-order valence-corrected chi connectivity index (χ1v) is 9.65. The highest BCUT2D eigenvalue weighted by atomic mass is 16.5. The highest BCUT2D eigenvalue weighted by Gasteiger charge is 2.28. The maximum Gasteiger partial charge on any atom is 0.321 e. The number of carbonyl (C=O) groups is 2. The quantitative estimate of drug-likeness (QED) is 0.811. The predicted molar refractivity (Wildman–Crippen MR) is 99.3 cm³/mol. The van der Waals surface area contributed by atoms with Gasteiger partial charge < -0.3 is 19.7 Å². The molecule has 0 bridgehead atoms. The molecule has 1 aliphatic heterocycles. The SMILES string of the molecule is CCOC(=O)C1CCN(C(=O)Nc2ccc(OC3CCCC3)cc2)CC1. The van der Waals surface area contributed by atoms with Crippen LogP contribution in [0.2, 0.25) is 0 Å². The van der Waals surface area contributed by atoms with Crippen molar-refractivity contribution < 1.29 is 19.1 Å². The minimum Gasteiger partial charge on any atom is -0.490 e. The topological polar surface area (TPSA) is 67.9 Å². The molecule has 2 fully saturated rings. The van der Waals surface area contributed by atoms with Crippen molar-refractivity contribution in [1.29, 1.82) is 0 Å². The number of nitrogens with one attached hydrogen (secondary N) is 1. The van der Waals surface area contributed by atoms with Crippen LogP contribution in [0.1, 0.15) is 45.4 Å². The Balaban J connectivity index is 1.45. The summed E-state index contributed by atoms with van der Waals surface area (Å²) in [6.07, 6.45) is 6.37. The van der Waals surface area contributed by atoms with Gasteiger partial charge in [0.05, 0.1) is 18.6 Å². The molecular formula is C20H28N2O4. The van der Waals surface area contributed by atoms with E-state index in [0.717, 1.165) is 24.3 Å². The van der Waals surface area contributed by atoms with Gasteiger partial charge in [-0.05, 0) is 69.7 Å². The van der Waals surface area contributed by atoms with E-state index in [4.69, 9.17) is 9.47 Å². The Morgan fingerprint density at radius 2 is 1.73 bits per heavy atom. The molecule has 3 rings (SSSR count). The summed E-state index contributed by atoms with van der Waals surface area (Å²) >= 11 is 0. The first-order valence-electron chi connectivity index (χ1n) is 9.65. The maximum atomic E-state index is 12.4. The number of piperidine rings is 1. The molecule has 1 heterocycles. The smallest absolute Gasteiger partial charge is 0.321 e. The summed E-state index contributed by atoms with van der Waals surface area (Å²) in [5, 5.41) is 2.92. The van der Waals surface area contributed by atoms with Crippen LogP contribution in [0, 0.1) is 5.92 Å². The van der Waals surface area contributed by atoms with Gasteiger partial charge in [0.25, 0.3) is 0 Å². The summed E-state index contributed by atoms with van der Waals surface area (Å²) in [4.78, 5) is 25.9. The van der Waals surface area contributed by atoms with Crippen molar-refractivity contribution in [3.63, 3.8) is 0 Å². The molecule has 1 saturated carbocycles. The van der Waals surface area contributed by atoms with Gasteiger partial charge in [-0.3, -0.25) is 4.79 Å². The van der Waals surface area contributed by atoms with E-state index in [-0.39, 0.29) is 17.9 Å². The van der Waals surface area contributed by atoms with Gasteiger partial charge in [-0.15, -0.1) is 0 Å². The second-order valence-electron chi connectivity index (χ2n) is 6.99. The monoisotopic (exact) mass is 360 g/mol. The van der Waals surface area contributed by atoms with Crippen molar-refractivity contribution in [2.75, 3.05) is 25.0 Å². The molecule has 0 spiro atoms. The van der Waals surface area contributed by atoms with Crippen LogP contribution in [0.3, 0.4) is 0 Å². The summed E-state index contributed by atoms with van der Waals surface area (Å²) in [7, 11) is 0. The average molecular weight is 360 g/mol. The van der Waals surface area contributed by atoms with Crippen LogP contribution in [0.4, 0.5) is 10.5 Å². The van der Waals surface area contributed by atoms with E-state index in [1.807, 2.05) is 31.2 Å². The zero-order chi connectivity index (χ0) is 18.4. The number of likely N-dealkylation sites (tertiary alicyclic amines) is 1. The molecule has 6 nitrogen and oxygen atoms in total. The molecule has 0 unspecified atom stereocenters. The fraction of sp³-hybridized carbons (Fsp3) is 0.600. The molecule has 6 heteroatoms. The van der Waals surface area contributed by atoms with E-state index in [1.165, 1.54) is 12.8 Å². The van der Waals surface area contributed by atoms with Crippen molar-refractivity contribution in [3.05, 3.63) is 24.3 Å². The summed E-state index contributed by atoms with van der Waals surface area (Å²) in [6.45, 7) is 3.35. The fourth-order valence-corrected chi connectivity index (χ4v) is 3.60. The number of anilines is 1. The van der Waals surface area contributed by atoms with E-state index in [0.29, 0.717) is 38.6 Å². The lowest BCUT2D eigenvalue weighted by Crippen LogP contribution is -2.42. The fourth-order valence-electron chi connectivity index (χ4n) is 3.60. The van der Waals surface area contributed by atoms with Crippen molar-refractivity contribution in [1.82, 2.24) is 4.90 Å². The molecule has 1 aromatic carbocycles. The Hall–Kier alpha value is -2.24. The molecule has 0 aromatic heterocycles. The third-order valence-corrected chi connectivity index (χ3v) is 5.11. The highest BCUT2D eigenvalue weighted by molar-refractivity contribution is 5.89. The first kappa shape index (κ1) is 18.5. The van der Waals surface area contributed by atoms with Gasteiger partial charge in [0.2, 0.25) is 0 Å². The summed E-state index contributed by atoms with van der Waals surface area (Å²) in [6, 6.07) is 7.42. The van der Waals surface area contributed by atoms with Gasteiger partial charge in [0.1, 0.15) is 5.75 Å².